The molecular formula is C13H13F3N4O2. The summed E-state index contributed by atoms with van der Waals surface area (Å²) in [4.78, 5) is 15.5. The van der Waals surface area contributed by atoms with Gasteiger partial charge in [0.1, 0.15) is 5.69 Å². The van der Waals surface area contributed by atoms with Crippen LogP contribution in [0.1, 0.15) is 27.8 Å². The number of amides is 1. The minimum atomic E-state index is -4.51. The summed E-state index contributed by atoms with van der Waals surface area (Å²) in [6.45, 7) is -0.383. The molecule has 2 aromatic heterocycles. The smallest absolute Gasteiger partial charge is 0.394 e. The minimum Gasteiger partial charge on any atom is -0.394 e. The molecule has 118 valence electrons. The molecule has 6 nitrogen and oxygen atoms in total. The van der Waals surface area contributed by atoms with Crippen molar-refractivity contribution in [2.75, 3.05) is 6.61 Å². The second-order valence-electron chi connectivity index (χ2n) is 4.52. The maximum Gasteiger partial charge on any atom is 0.417 e. The van der Waals surface area contributed by atoms with Gasteiger partial charge >= 0.3 is 6.18 Å². The summed E-state index contributed by atoms with van der Waals surface area (Å²) in [5.41, 5.74) is -0.550. The molecule has 0 bridgehead atoms. The van der Waals surface area contributed by atoms with Gasteiger partial charge in [-0.05, 0) is 18.2 Å². The van der Waals surface area contributed by atoms with E-state index in [1.54, 1.807) is 13.1 Å². The van der Waals surface area contributed by atoms with Crippen molar-refractivity contribution in [3.8, 4) is 0 Å². The number of aliphatic hydroxyl groups is 1. The number of carbonyl (C=O) groups excluding carboxylic acids is 1. The highest BCUT2D eigenvalue weighted by Gasteiger charge is 2.31. The lowest BCUT2D eigenvalue weighted by Crippen LogP contribution is -2.32. The van der Waals surface area contributed by atoms with Crippen LogP contribution in [0.2, 0.25) is 0 Å². The van der Waals surface area contributed by atoms with Gasteiger partial charge in [-0.15, -0.1) is 0 Å². The van der Waals surface area contributed by atoms with E-state index in [0.717, 1.165) is 12.1 Å². The Balaban J connectivity index is 2.13. The van der Waals surface area contributed by atoms with Crippen LogP contribution < -0.4 is 5.32 Å². The summed E-state index contributed by atoms with van der Waals surface area (Å²) in [5, 5.41) is 15.8. The molecule has 0 fully saturated rings. The number of aryl methyl sites for hydroxylation is 1. The molecule has 22 heavy (non-hydrogen) atoms. The van der Waals surface area contributed by atoms with Gasteiger partial charge in [0, 0.05) is 19.4 Å². The molecule has 0 aromatic carbocycles. The Morgan fingerprint density at radius 3 is 2.59 bits per heavy atom. The lowest BCUT2D eigenvalue weighted by Gasteiger charge is -2.16. The summed E-state index contributed by atoms with van der Waals surface area (Å²) >= 11 is 0. The van der Waals surface area contributed by atoms with Crippen molar-refractivity contribution in [3.05, 3.63) is 47.5 Å². The van der Waals surface area contributed by atoms with Crippen LogP contribution in [0.3, 0.4) is 0 Å². The number of alkyl halides is 3. The average Bonchev–Trinajstić information content (AvgIpc) is 2.90. The highest BCUT2D eigenvalue weighted by Crippen LogP contribution is 2.28. The summed E-state index contributed by atoms with van der Waals surface area (Å²) in [7, 11) is 1.64. The molecule has 2 heterocycles. The standard InChI is InChI=1S/C13H13F3N4O2/c1-20-11(4-5-18-20)10(7-21)19-12(22)9-3-2-8(6-17-9)13(14,15)16/h2-6,10,21H,7H2,1H3,(H,19,22). The number of carbonyl (C=O) groups is 1. The Morgan fingerprint density at radius 2 is 2.14 bits per heavy atom. The molecule has 2 rings (SSSR count). The van der Waals surface area contributed by atoms with Crippen molar-refractivity contribution < 1.29 is 23.1 Å². The van der Waals surface area contributed by atoms with Gasteiger partial charge in [-0.2, -0.15) is 18.3 Å². The Labute approximate surface area is 123 Å². The number of aliphatic hydroxyl groups excluding tert-OH is 1. The van der Waals surface area contributed by atoms with E-state index in [2.05, 4.69) is 15.4 Å². The number of nitrogens with zero attached hydrogens (tertiary/aromatic N) is 3. The topological polar surface area (TPSA) is 80.0 Å². The Kier molecular flexibility index (Phi) is 4.45. The predicted octanol–water partition coefficient (Wildman–Crippen LogP) is 1.30. The first-order chi connectivity index (χ1) is 10.3. The number of halogens is 3. The Morgan fingerprint density at radius 1 is 1.41 bits per heavy atom. The monoisotopic (exact) mass is 314 g/mol. The third-order valence-corrected chi connectivity index (χ3v) is 3.03. The van der Waals surface area contributed by atoms with Gasteiger partial charge in [0.05, 0.1) is 23.9 Å². The third-order valence-electron chi connectivity index (χ3n) is 3.03. The summed E-state index contributed by atoms with van der Waals surface area (Å²) < 4.78 is 38.8. The van der Waals surface area contributed by atoms with Gasteiger partial charge in [-0.3, -0.25) is 14.5 Å². The van der Waals surface area contributed by atoms with Crippen LogP contribution in [-0.4, -0.2) is 32.4 Å². The van der Waals surface area contributed by atoms with Crippen LogP contribution in [-0.2, 0) is 13.2 Å². The zero-order chi connectivity index (χ0) is 16.3. The molecule has 0 saturated carbocycles. The average molecular weight is 314 g/mol. The second-order valence-corrected chi connectivity index (χ2v) is 4.52. The van der Waals surface area contributed by atoms with Crippen LogP contribution >= 0.6 is 0 Å². The van der Waals surface area contributed by atoms with Crippen molar-refractivity contribution in [1.82, 2.24) is 20.1 Å². The third kappa shape index (κ3) is 3.42. The summed E-state index contributed by atoms with van der Waals surface area (Å²) in [6, 6.07) is 2.64. The SMILES string of the molecule is Cn1nccc1C(CO)NC(=O)c1ccc(C(F)(F)F)cn1. The van der Waals surface area contributed by atoms with Crippen molar-refractivity contribution in [2.45, 2.75) is 12.2 Å². The number of nitrogens with one attached hydrogen (secondary N) is 1. The van der Waals surface area contributed by atoms with E-state index in [9.17, 15) is 23.1 Å². The van der Waals surface area contributed by atoms with Crippen LogP contribution in [0.25, 0.3) is 0 Å². The van der Waals surface area contributed by atoms with Crippen LogP contribution in [0.4, 0.5) is 13.2 Å². The first-order valence-corrected chi connectivity index (χ1v) is 6.26. The second kappa shape index (κ2) is 6.14. The molecule has 9 heteroatoms. The highest BCUT2D eigenvalue weighted by atomic mass is 19.4. The molecule has 1 amide bonds. The molecule has 0 spiro atoms. The van der Waals surface area contributed by atoms with E-state index in [-0.39, 0.29) is 12.3 Å². The van der Waals surface area contributed by atoms with Gasteiger partial charge < -0.3 is 10.4 Å². The quantitative estimate of drug-likeness (QED) is 0.891. The fourth-order valence-electron chi connectivity index (χ4n) is 1.87. The highest BCUT2D eigenvalue weighted by molar-refractivity contribution is 5.92. The normalized spacial score (nSPS) is 13.0. The van der Waals surface area contributed by atoms with Crippen LogP contribution in [0.15, 0.2) is 30.6 Å². The van der Waals surface area contributed by atoms with Gasteiger partial charge in [0.25, 0.3) is 5.91 Å². The number of rotatable bonds is 4. The van der Waals surface area contributed by atoms with Gasteiger partial charge in [0.15, 0.2) is 0 Å². The first-order valence-electron chi connectivity index (χ1n) is 6.26. The maximum absolute atomic E-state index is 12.4. The molecule has 0 aliphatic carbocycles. The molecular weight excluding hydrogens is 301 g/mol. The van der Waals surface area contributed by atoms with E-state index in [1.165, 1.54) is 10.9 Å². The summed E-state index contributed by atoms with van der Waals surface area (Å²) in [6.07, 6.45) is -2.42. The fraction of sp³-hybridized carbons (Fsp3) is 0.308. The number of hydrogen-bond donors (Lipinski definition) is 2. The van der Waals surface area contributed by atoms with Crippen molar-refractivity contribution in [2.24, 2.45) is 7.05 Å². The van der Waals surface area contributed by atoms with Crippen molar-refractivity contribution in [1.29, 1.82) is 0 Å². The Hall–Kier alpha value is -2.42. The maximum atomic E-state index is 12.4. The zero-order valence-electron chi connectivity index (χ0n) is 11.5. The fourth-order valence-corrected chi connectivity index (χ4v) is 1.87. The lowest BCUT2D eigenvalue weighted by atomic mass is 10.2. The molecule has 0 aliphatic rings. The predicted molar refractivity (Wildman–Crippen MR) is 69.7 cm³/mol. The van der Waals surface area contributed by atoms with E-state index < -0.39 is 23.7 Å². The van der Waals surface area contributed by atoms with E-state index in [0.29, 0.717) is 11.9 Å². The molecule has 0 saturated heterocycles. The molecule has 0 aliphatic heterocycles. The lowest BCUT2D eigenvalue weighted by molar-refractivity contribution is -0.137. The minimum absolute atomic E-state index is 0.173. The molecule has 1 atom stereocenters. The summed E-state index contributed by atoms with van der Waals surface area (Å²) in [5.74, 6) is -0.686. The van der Waals surface area contributed by atoms with Crippen LogP contribution in [0.5, 0.6) is 0 Å². The van der Waals surface area contributed by atoms with Crippen molar-refractivity contribution >= 4 is 5.91 Å². The Bertz CT molecular complexity index is 652. The van der Waals surface area contributed by atoms with E-state index in [4.69, 9.17) is 0 Å². The van der Waals surface area contributed by atoms with Gasteiger partial charge in [0.2, 0.25) is 0 Å². The first kappa shape index (κ1) is 16.0. The molecule has 0 radical (unpaired) electrons. The van der Waals surface area contributed by atoms with Crippen LogP contribution in [0, 0.1) is 0 Å². The van der Waals surface area contributed by atoms with Gasteiger partial charge in [-0.25, -0.2) is 0 Å². The van der Waals surface area contributed by atoms with Gasteiger partial charge in [-0.1, -0.05) is 0 Å². The van der Waals surface area contributed by atoms with E-state index in [1.807, 2.05) is 0 Å². The molecule has 2 aromatic rings. The zero-order valence-corrected chi connectivity index (χ0v) is 11.5. The van der Waals surface area contributed by atoms with Crippen molar-refractivity contribution in [3.63, 3.8) is 0 Å². The number of aromatic nitrogens is 3. The number of hydrogen-bond acceptors (Lipinski definition) is 4. The molecule has 1 unspecified atom stereocenters. The van der Waals surface area contributed by atoms with E-state index >= 15 is 0 Å². The number of pyridine rings is 1. The largest absolute Gasteiger partial charge is 0.417 e. The molecule has 2 N–H and O–H groups in total.